The van der Waals surface area contributed by atoms with Crippen LogP contribution < -0.4 is 10.1 Å². The molecule has 3 aliphatic heterocycles. The molecule has 1 fully saturated rings. The standard InChI is InChI=1S/C34H24BrN3O6/c1-44-27-14-13-21(18-25(27)35)31(40)29-28(30(39)20-8-6-9-22(17-20)38(42)43)34(24-11-4-5-12-26(24)36-33(34)41)32-23-10-3-2-7-19(23)15-16-37(29)32/h2-18,28-29,32H,1H3,(H,36,41). The predicted octanol–water partition coefficient (Wildman–Crippen LogP) is 6.35. The summed E-state index contributed by atoms with van der Waals surface area (Å²) in [6.45, 7) is 0. The summed E-state index contributed by atoms with van der Waals surface area (Å²) >= 11 is 3.47. The Balaban J connectivity index is 1.52. The highest BCUT2D eigenvalue weighted by Crippen LogP contribution is 2.62. The van der Waals surface area contributed by atoms with Crippen LogP contribution in [-0.4, -0.2) is 40.4 Å². The topological polar surface area (TPSA) is 119 Å². The molecule has 4 aromatic rings. The van der Waals surface area contributed by atoms with Crippen molar-refractivity contribution in [2.45, 2.75) is 17.5 Å². The smallest absolute Gasteiger partial charge is 0.270 e. The lowest BCUT2D eigenvalue weighted by Crippen LogP contribution is -2.49. The fourth-order valence-corrected chi connectivity index (χ4v) is 7.65. The summed E-state index contributed by atoms with van der Waals surface area (Å²) in [4.78, 5) is 57.1. The van der Waals surface area contributed by atoms with E-state index in [2.05, 4.69) is 21.2 Å². The van der Waals surface area contributed by atoms with Gasteiger partial charge in [-0.2, -0.15) is 0 Å². The zero-order valence-corrected chi connectivity index (χ0v) is 24.9. The first-order valence-corrected chi connectivity index (χ1v) is 14.7. The van der Waals surface area contributed by atoms with Gasteiger partial charge in [0.05, 0.1) is 28.5 Å². The summed E-state index contributed by atoms with van der Waals surface area (Å²) in [7, 11) is 1.52. The number of nitro groups is 1. The molecule has 218 valence electrons. The molecule has 1 N–H and O–H groups in total. The normalized spacial score (nSPS) is 22.6. The molecule has 0 aromatic heterocycles. The van der Waals surface area contributed by atoms with Crippen LogP contribution in [0.25, 0.3) is 6.08 Å². The van der Waals surface area contributed by atoms with Crippen LogP contribution in [0.15, 0.2) is 102 Å². The van der Waals surface area contributed by atoms with Crippen LogP contribution in [0, 0.1) is 16.0 Å². The molecule has 0 bridgehead atoms. The molecule has 0 saturated carbocycles. The third-order valence-electron chi connectivity index (χ3n) is 8.90. The lowest BCUT2D eigenvalue weighted by atomic mass is 9.62. The van der Waals surface area contributed by atoms with Crippen molar-refractivity contribution < 1.29 is 24.0 Å². The van der Waals surface area contributed by atoms with E-state index < -0.39 is 40.0 Å². The molecular weight excluding hydrogens is 626 g/mol. The van der Waals surface area contributed by atoms with E-state index in [1.165, 1.54) is 31.4 Å². The molecule has 44 heavy (non-hydrogen) atoms. The van der Waals surface area contributed by atoms with Crippen molar-refractivity contribution >= 4 is 50.9 Å². The quantitative estimate of drug-likeness (QED) is 0.147. The lowest BCUT2D eigenvalue weighted by Gasteiger charge is -2.38. The second-order valence-corrected chi connectivity index (χ2v) is 11.8. The number of nitrogens with zero attached hydrogens (tertiary/aromatic N) is 2. The Kier molecular flexibility index (Phi) is 6.47. The van der Waals surface area contributed by atoms with Gasteiger partial charge in [-0.05, 0) is 63.0 Å². The number of amides is 1. The minimum Gasteiger partial charge on any atom is -0.496 e. The molecule has 9 nitrogen and oxygen atoms in total. The average Bonchev–Trinajstić information content (AvgIpc) is 3.52. The zero-order valence-electron chi connectivity index (χ0n) is 23.3. The van der Waals surface area contributed by atoms with Gasteiger partial charge in [0, 0.05) is 35.1 Å². The fraction of sp³-hybridized carbons (Fsp3) is 0.147. The van der Waals surface area contributed by atoms with E-state index in [0.29, 0.717) is 27.0 Å². The Hall–Kier alpha value is -5.09. The number of ether oxygens (including phenoxy) is 1. The van der Waals surface area contributed by atoms with Crippen molar-refractivity contribution in [3.05, 3.63) is 140 Å². The minimum absolute atomic E-state index is 0.0478. The molecule has 4 atom stereocenters. The van der Waals surface area contributed by atoms with Gasteiger partial charge >= 0.3 is 0 Å². The number of halogens is 1. The van der Waals surface area contributed by atoms with E-state index in [9.17, 15) is 24.5 Å². The molecule has 0 radical (unpaired) electrons. The van der Waals surface area contributed by atoms with E-state index in [0.717, 1.165) is 11.1 Å². The summed E-state index contributed by atoms with van der Waals surface area (Å²) in [6.07, 6.45) is 3.66. The highest BCUT2D eigenvalue weighted by molar-refractivity contribution is 9.10. The molecule has 4 aromatic carbocycles. The largest absolute Gasteiger partial charge is 0.496 e. The maximum absolute atomic E-state index is 14.9. The van der Waals surface area contributed by atoms with Crippen LogP contribution in [0.3, 0.4) is 0 Å². The molecule has 1 saturated heterocycles. The third-order valence-corrected chi connectivity index (χ3v) is 9.52. The number of carbonyl (C=O) groups excluding carboxylic acids is 3. The van der Waals surface area contributed by atoms with Crippen LogP contribution in [-0.2, 0) is 10.2 Å². The Morgan fingerprint density at radius 3 is 2.48 bits per heavy atom. The van der Waals surface area contributed by atoms with Gasteiger partial charge in [-0.1, -0.05) is 54.6 Å². The number of rotatable bonds is 6. The molecule has 1 spiro atoms. The van der Waals surface area contributed by atoms with Crippen LogP contribution in [0.2, 0.25) is 0 Å². The van der Waals surface area contributed by atoms with Crippen molar-refractivity contribution in [2.24, 2.45) is 5.92 Å². The third kappa shape index (κ3) is 3.87. The van der Waals surface area contributed by atoms with Crippen molar-refractivity contribution in [3.63, 3.8) is 0 Å². The number of hydrogen-bond donors (Lipinski definition) is 1. The number of nitro benzene ring substituents is 1. The Bertz CT molecular complexity index is 1940. The summed E-state index contributed by atoms with van der Waals surface area (Å²) in [5.41, 5.74) is 1.38. The summed E-state index contributed by atoms with van der Waals surface area (Å²) in [5, 5.41) is 14.7. The predicted molar refractivity (Wildman–Crippen MR) is 167 cm³/mol. The maximum atomic E-state index is 14.9. The Morgan fingerprint density at radius 2 is 1.70 bits per heavy atom. The number of fused-ring (bicyclic) bond motifs is 6. The van der Waals surface area contributed by atoms with Gasteiger partial charge in [-0.25, -0.2) is 0 Å². The number of para-hydroxylation sites is 1. The number of methoxy groups -OCH3 is 1. The molecule has 10 heteroatoms. The molecule has 3 heterocycles. The highest BCUT2D eigenvalue weighted by Gasteiger charge is 2.70. The fourth-order valence-electron chi connectivity index (χ4n) is 7.11. The van der Waals surface area contributed by atoms with Gasteiger partial charge in [0.25, 0.3) is 5.69 Å². The molecule has 7 rings (SSSR count). The van der Waals surface area contributed by atoms with Gasteiger partial charge < -0.3 is 15.0 Å². The number of carbonyl (C=O) groups is 3. The molecule has 1 amide bonds. The van der Waals surface area contributed by atoms with Crippen LogP contribution in [0.1, 0.15) is 43.4 Å². The maximum Gasteiger partial charge on any atom is 0.270 e. The molecule has 0 aliphatic carbocycles. The molecule has 3 aliphatic rings. The van der Waals surface area contributed by atoms with E-state index in [1.54, 1.807) is 42.6 Å². The monoisotopic (exact) mass is 649 g/mol. The summed E-state index contributed by atoms with van der Waals surface area (Å²) < 4.78 is 5.92. The average molecular weight is 650 g/mol. The van der Waals surface area contributed by atoms with Crippen LogP contribution >= 0.6 is 15.9 Å². The first kappa shape index (κ1) is 27.7. The van der Waals surface area contributed by atoms with E-state index >= 15 is 0 Å². The first-order chi connectivity index (χ1) is 21.3. The summed E-state index contributed by atoms with van der Waals surface area (Å²) in [6, 6.07) is 23.3. The van der Waals surface area contributed by atoms with E-state index in [4.69, 9.17) is 4.74 Å². The first-order valence-electron chi connectivity index (χ1n) is 13.9. The SMILES string of the molecule is COc1ccc(C(=O)C2C(C(=O)c3cccc([N+](=O)[O-])c3)C3(C(=O)Nc4ccccc43)C3c4ccccc4C=CN23)cc1Br. The zero-order chi connectivity index (χ0) is 30.7. The second-order valence-electron chi connectivity index (χ2n) is 11.0. The Labute approximate surface area is 260 Å². The van der Waals surface area contributed by atoms with Crippen molar-refractivity contribution in [2.75, 3.05) is 12.4 Å². The van der Waals surface area contributed by atoms with E-state index in [1.807, 2.05) is 41.3 Å². The lowest BCUT2D eigenvalue weighted by molar-refractivity contribution is -0.384. The number of non-ortho nitro benzene ring substituents is 1. The van der Waals surface area contributed by atoms with E-state index in [-0.39, 0.29) is 17.0 Å². The van der Waals surface area contributed by atoms with Crippen molar-refractivity contribution in [3.8, 4) is 5.75 Å². The number of Topliss-reactive ketones (excluding diaryl/α,β-unsaturated/α-hetero) is 2. The number of hydrogen-bond acceptors (Lipinski definition) is 7. The van der Waals surface area contributed by atoms with Gasteiger partial charge in [0.15, 0.2) is 11.6 Å². The molecular formula is C34H24BrN3O6. The van der Waals surface area contributed by atoms with Gasteiger partial charge in [-0.3, -0.25) is 24.5 Å². The number of anilines is 1. The van der Waals surface area contributed by atoms with Crippen molar-refractivity contribution in [1.82, 2.24) is 4.90 Å². The summed E-state index contributed by atoms with van der Waals surface area (Å²) in [5.74, 6) is -2.04. The van der Waals surface area contributed by atoms with Crippen LogP contribution in [0.5, 0.6) is 5.75 Å². The highest BCUT2D eigenvalue weighted by atomic mass is 79.9. The number of nitrogens with one attached hydrogen (secondary N) is 1. The number of benzene rings is 4. The second kappa shape index (κ2) is 10.3. The number of ketones is 2. The van der Waals surface area contributed by atoms with Crippen molar-refractivity contribution in [1.29, 1.82) is 0 Å². The Morgan fingerprint density at radius 1 is 0.955 bits per heavy atom. The van der Waals surface area contributed by atoms with Gasteiger partial charge in [0.1, 0.15) is 17.2 Å². The van der Waals surface area contributed by atoms with Crippen LogP contribution in [0.4, 0.5) is 11.4 Å². The minimum atomic E-state index is -1.54. The van der Waals surface area contributed by atoms with Gasteiger partial charge in [-0.15, -0.1) is 0 Å². The molecule has 4 unspecified atom stereocenters. The van der Waals surface area contributed by atoms with Gasteiger partial charge in [0.2, 0.25) is 5.91 Å².